The highest BCUT2D eigenvalue weighted by molar-refractivity contribution is 6.64. The van der Waals surface area contributed by atoms with Crippen LogP contribution in [0.2, 0.25) is 12.6 Å². The average Bonchev–Trinajstić information content (AvgIpc) is 2.30. The van der Waals surface area contributed by atoms with Crippen LogP contribution in [-0.2, 0) is 0 Å². The van der Waals surface area contributed by atoms with Crippen LogP contribution in [0.3, 0.4) is 0 Å². The molecule has 0 atom stereocenters. The van der Waals surface area contributed by atoms with Gasteiger partial charge in [-0.1, -0.05) is 79.0 Å². The van der Waals surface area contributed by atoms with Crippen LogP contribution in [0.1, 0.15) is 73.1 Å². The zero-order valence-electron chi connectivity index (χ0n) is 13.5. The SMILES string of the molecule is CCCCC/C=C/B(CCC(C)C)CCC(C)C. The quantitative estimate of drug-likeness (QED) is 0.300. The predicted molar refractivity (Wildman–Crippen MR) is 87.6 cm³/mol. The second-order valence-corrected chi connectivity index (χ2v) is 6.63. The molecular formula is C17H35B. The van der Waals surface area contributed by atoms with E-state index in [2.05, 4.69) is 46.7 Å². The summed E-state index contributed by atoms with van der Waals surface area (Å²) >= 11 is 0. The van der Waals surface area contributed by atoms with Crippen molar-refractivity contribution in [3.8, 4) is 0 Å². The summed E-state index contributed by atoms with van der Waals surface area (Å²) in [5, 5.41) is 0. The summed E-state index contributed by atoms with van der Waals surface area (Å²) in [6, 6.07) is 0. The lowest BCUT2D eigenvalue weighted by atomic mass is 9.43. The Hall–Kier alpha value is -0.195. The minimum atomic E-state index is 0.830. The largest absolute Gasteiger partial charge is 0.166 e. The van der Waals surface area contributed by atoms with Crippen molar-refractivity contribution in [1.29, 1.82) is 0 Å². The second-order valence-electron chi connectivity index (χ2n) is 6.63. The Labute approximate surface area is 117 Å². The molecule has 0 bridgehead atoms. The molecule has 0 aliphatic carbocycles. The van der Waals surface area contributed by atoms with Crippen LogP contribution >= 0.6 is 0 Å². The highest BCUT2D eigenvalue weighted by Crippen LogP contribution is 2.16. The molecule has 106 valence electrons. The Morgan fingerprint density at radius 3 is 1.89 bits per heavy atom. The molecule has 0 unspecified atom stereocenters. The first kappa shape index (κ1) is 17.8. The molecule has 1 heteroatoms. The van der Waals surface area contributed by atoms with E-state index in [1.807, 2.05) is 0 Å². The minimum Gasteiger partial charge on any atom is -0.119 e. The first-order chi connectivity index (χ1) is 8.56. The Kier molecular flexibility index (Phi) is 11.7. The topological polar surface area (TPSA) is 0 Å². The van der Waals surface area contributed by atoms with Crippen molar-refractivity contribution in [2.45, 2.75) is 85.8 Å². The summed E-state index contributed by atoms with van der Waals surface area (Å²) in [5.41, 5.74) is 0. The number of hydrogen-bond donors (Lipinski definition) is 0. The lowest BCUT2D eigenvalue weighted by Crippen LogP contribution is -2.11. The smallest absolute Gasteiger partial charge is 0.119 e. The molecule has 0 saturated carbocycles. The van der Waals surface area contributed by atoms with Crippen LogP contribution < -0.4 is 0 Å². The van der Waals surface area contributed by atoms with Crippen molar-refractivity contribution in [3.63, 3.8) is 0 Å². The zero-order valence-corrected chi connectivity index (χ0v) is 13.5. The lowest BCUT2D eigenvalue weighted by Gasteiger charge is -2.12. The van der Waals surface area contributed by atoms with Gasteiger partial charge in [-0.2, -0.15) is 0 Å². The van der Waals surface area contributed by atoms with E-state index in [-0.39, 0.29) is 0 Å². The minimum absolute atomic E-state index is 0.830. The molecule has 0 amide bonds. The number of hydrogen-bond acceptors (Lipinski definition) is 0. The maximum absolute atomic E-state index is 2.51. The molecular weight excluding hydrogens is 215 g/mol. The fraction of sp³-hybridized carbons (Fsp3) is 0.882. The van der Waals surface area contributed by atoms with E-state index in [0.717, 1.165) is 18.5 Å². The highest BCUT2D eigenvalue weighted by Gasteiger charge is 2.11. The van der Waals surface area contributed by atoms with Gasteiger partial charge in [-0.3, -0.25) is 0 Å². The van der Waals surface area contributed by atoms with E-state index in [9.17, 15) is 0 Å². The number of unbranched alkanes of at least 4 members (excludes halogenated alkanes) is 3. The summed E-state index contributed by atoms with van der Waals surface area (Å²) in [6.07, 6.45) is 13.3. The van der Waals surface area contributed by atoms with Crippen LogP contribution in [0.5, 0.6) is 0 Å². The maximum Gasteiger partial charge on any atom is 0.166 e. The normalized spacial score (nSPS) is 11.9. The first-order valence-corrected chi connectivity index (χ1v) is 8.22. The van der Waals surface area contributed by atoms with Crippen LogP contribution in [0.25, 0.3) is 0 Å². The molecule has 0 N–H and O–H groups in total. The Morgan fingerprint density at radius 2 is 1.44 bits per heavy atom. The van der Waals surface area contributed by atoms with Crippen LogP contribution in [0, 0.1) is 11.8 Å². The number of allylic oxidation sites excluding steroid dienone is 1. The van der Waals surface area contributed by atoms with E-state index < -0.39 is 0 Å². The first-order valence-electron chi connectivity index (χ1n) is 8.22. The summed E-state index contributed by atoms with van der Waals surface area (Å²) in [5.74, 6) is 4.21. The van der Waals surface area contributed by atoms with Crippen LogP contribution in [-0.4, -0.2) is 6.71 Å². The van der Waals surface area contributed by atoms with Gasteiger partial charge in [0, 0.05) is 0 Å². The molecule has 0 rings (SSSR count). The molecule has 0 aliphatic rings. The molecule has 0 aromatic carbocycles. The molecule has 0 spiro atoms. The van der Waals surface area contributed by atoms with Crippen LogP contribution in [0.15, 0.2) is 12.1 Å². The monoisotopic (exact) mass is 250 g/mol. The highest BCUT2D eigenvalue weighted by atomic mass is 14.0. The van der Waals surface area contributed by atoms with Gasteiger partial charge < -0.3 is 0 Å². The standard InChI is InChI=1S/C17H35B/c1-6-7-8-9-10-13-18(14-11-16(2)3)15-12-17(4)5/h10,13,16-17H,6-9,11-12,14-15H2,1-5H3/b13-10+. The van der Waals surface area contributed by atoms with Gasteiger partial charge in [0.1, 0.15) is 0 Å². The summed E-state index contributed by atoms with van der Waals surface area (Å²) < 4.78 is 0. The summed E-state index contributed by atoms with van der Waals surface area (Å²) in [7, 11) is 0. The maximum atomic E-state index is 2.51. The van der Waals surface area contributed by atoms with Gasteiger partial charge in [0.2, 0.25) is 0 Å². The molecule has 0 heterocycles. The van der Waals surface area contributed by atoms with Gasteiger partial charge in [-0.05, 0) is 24.7 Å². The van der Waals surface area contributed by atoms with Crippen molar-refractivity contribution in [3.05, 3.63) is 12.1 Å². The third kappa shape index (κ3) is 12.3. The molecule has 0 radical (unpaired) electrons. The lowest BCUT2D eigenvalue weighted by molar-refractivity contribution is 0.608. The van der Waals surface area contributed by atoms with Gasteiger partial charge in [0.05, 0.1) is 0 Å². The van der Waals surface area contributed by atoms with Crippen molar-refractivity contribution < 1.29 is 0 Å². The van der Waals surface area contributed by atoms with Gasteiger partial charge in [0.25, 0.3) is 0 Å². The Balaban J connectivity index is 3.94. The van der Waals surface area contributed by atoms with E-state index in [1.54, 1.807) is 0 Å². The van der Waals surface area contributed by atoms with Crippen molar-refractivity contribution in [2.75, 3.05) is 0 Å². The van der Waals surface area contributed by atoms with E-state index in [0.29, 0.717) is 0 Å². The van der Waals surface area contributed by atoms with Crippen LogP contribution in [0.4, 0.5) is 0 Å². The van der Waals surface area contributed by atoms with E-state index in [1.165, 1.54) is 51.2 Å². The molecule has 0 fully saturated rings. The van der Waals surface area contributed by atoms with E-state index in [4.69, 9.17) is 0 Å². The third-order valence-electron chi connectivity index (χ3n) is 3.61. The zero-order chi connectivity index (χ0) is 13.8. The van der Waals surface area contributed by atoms with Crippen molar-refractivity contribution in [1.82, 2.24) is 0 Å². The summed E-state index contributed by atoms with van der Waals surface area (Å²) in [6.45, 7) is 12.5. The third-order valence-corrected chi connectivity index (χ3v) is 3.61. The Bertz CT molecular complexity index is 182. The van der Waals surface area contributed by atoms with Gasteiger partial charge in [-0.15, -0.1) is 5.98 Å². The Morgan fingerprint density at radius 1 is 0.889 bits per heavy atom. The molecule has 18 heavy (non-hydrogen) atoms. The second kappa shape index (κ2) is 11.9. The van der Waals surface area contributed by atoms with Crippen molar-refractivity contribution >= 4 is 6.71 Å². The molecule has 0 saturated heterocycles. The van der Waals surface area contributed by atoms with Gasteiger partial charge in [-0.25, -0.2) is 0 Å². The summed E-state index contributed by atoms with van der Waals surface area (Å²) in [4.78, 5) is 0. The predicted octanol–water partition coefficient (Wildman–Crippen LogP) is 6.25. The molecule has 0 nitrogen and oxygen atoms in total. The fourth-order valence-corrected chi connectivity index (χ4v) is 2.23. The van der Waals surface area contributed by atoms with Gasteiger partial charge >= 0.3 is 0 Å². The van der Waals surface area contributed by atoms with Gasteiger partial charge in [0.15, 0.2) is 6.71 Å². The average molecular weight is 250 g/mol. The molecule has 0 aromatic heterocycles. The van der Waals surface area contributed by atoms with E-state index >= 15 is 0 Å². The molecule has 0 aromatic rings. The molecule has 0 aliphatic heterocycles. The van der Waals surface area contributed by atoms with Crippen molar-refractivity contribution in [2.24, 2.45) is 11.8 Å². The number of rotatable bonds is 11. The fourth-order valence-electron chi connectivity index (χ4n) is 2.23.